The van der Waals surface area contributed by atoms with E-state index in [0.717, 1.165) is 37.3 Å². The maximum atomic E-state index is 12.4. The van der Waals surface area contributed by atoms with Crippen LogP contribution in [0.1, 0.15) is 31.6 Å². The van der Waals surface area contributed by atoms with Crippen molar-refractivity contribution in [1.82, 2.24) is 9.88 Å². The van der Waals surface area contributed by atoms with Crippen LogP contribution in [0.25, 0.3) is 11.3 Å². The standard InChI is InChI=1S/C20H25N3O2/c21-17-10-9-15-12-23(13-16(15)17)20(24)8-4-7-19-22-11-18(25-19)14-5-2-1-3-6-14/h1-3,5-6,11,15-17H,4,7-10,12-13,21H2. The Morgan fingerprint density at radius 1 is 1.24 bits per heavy atom. The van der Waals surface area contributed by atoms with Crippen molar-refractivity contribution in [3.63, 3.8) is 0 Å². The lowest BCUT2D eigenvalue weighted by Crippen LogP contribution is -2.33. The summed E-state index contributed by atoms with van der Waals surface area (Å²) in [6.07, 6.45) is 6.07. The molecule has 5 heteroatoms. The molecule has 2 heterocycles. The van der Waals surface area contributed by atoms with Crippen molar-refractivity contribution < 1.29 is 9.21 Å². The summed E-state index contributed by atoms with van der Waals surface area (Å²) >= 11 is 0. The summed E-state index contributed by atoms with van der Waals surface area (Å²) in [6.45, 7) is 1.75. The molecule has 25 heavy (non-hydrogen) atoms. The Morgan fingerprint density at radius 2 is 2.08 bits per heavy atom. The van der Waals surface area contributed by atoms with Crippen LogP contribution in [0.3, 0.4) is 0 Å². The molecule has 2 aromatic rings. The molecule has 0 bridgehead atoms. The molecule has 2 aliphatic rings. The molecule has 3 atom stereocenters. The smallest absolute Gasteiger partial charge is 0.222 e. The molecular formula is C20H25N3O2. The van der Waals surface area contributed by atoms with Crippen LogP contribution < -0.4 is 5.73 Å². The summed E-state index contributed by atoms with van der Waals surface area (Å²) in [7, 11) is 0. The van der Waals surface area contributed by atoms with E-state index in [2.05, 4.69) is 4.98 Å². The van der Waals surface area contributed by atoms with Gasteiger partial charge in [-0.1, -0.05) is 30.3 Å². The van der Waals surface area contributed by atoms with E-state index in [9.17, 15) is 4.79 Å². The van der Waals surface area contributed by atoms with Crippen molar-refractivity contribution in [2.24, 2.45) is 17.6 Å². The van der Waals surface area contributed by atoms with Gasteiger partial charge in [0.05, 0.1) is 6.20 Å². The Hall–Kier alpha value is -2.14. The monoisotopic (exact) mass is 339 g/mol. The minimum absolute atomic E-state index is 0.247. The Balaban J connectivity index is 1.26. The molecule has 2 fully saturated rings. The van der Waals surface area contributed by atoms with Crippen LogP contribution in [-0.4, -0.2) is 34.9 Å². The highest BCUT2D eigenvalue weighted by Crippen LogP contribution is 2.37. The van der Waals surface area contributed by atoms with E-state index < -0.39 is 0 Å². The van der Waals surface area contributed by atoms with Crippen molar-refractivity contribution >= 4 is 5.91 Å². The van der Waals surface area contributed by atoms with Gasteiger partial charge in [-0.05, 0) is 31.1 Å². The Morgan fingerprint density at radius 3 is 2.88 bits per heavy atom. The first-order valence-electron chi connectivity index (χ1n) is 9.24. The molecule has 132 valence electrons. The number of aryl methyl sites for hydroxylation is 1. The van der Waals surface area contributed by atoms with Crippen LogP contribution in [0.2, 0.25) is 0 Å². The van der Waals surface area contributed by atoms with Gasteiger partial charge in [0.2, 0.25) is 5.91 Å². The van der Waals surface area contributed by atoms with Crippen molar-refractivity contribution in [1.29, 1.82) is 0 Å². The minimum Gasteiger partial charge on any atom is -0.441 e. The third-order valence-corrected chi connectivity index (χ3v) is 5.66. The number of aromatic nitrogens is 1. The average molecular weight is 339 g/mol. The topological polar surface area (TPSA) is 72.4 Å². The zero-order valence-electron chi connectivity index (χ0n) is 14.4. The van der Waals surface area contributed by atoms with E-state index in [1.807, 2.05) is 35.2 Å². The van der Waals surface area contributed by atoms with Crippen LogP contribution >= 0.6 is 0 Å². The van der Waals surface area contributed by atoms with Gasteiger partial charge in [-0.3, -0.25) is 4.79 Å². The number of carbonyl (C=O) groups excluding carboxylic acids is 1. The van der Waals surface area contributed by atoms with Crippen molar-refractivity contribution in [2.45, 2.75) is 38.1 Å². The van der Waals surface area contributed by atoms with Gasteiger partial charge in [-0.25, -0.2) is 4.98 Å². The number of nitrogens with zero attached hydrogens (tertiary/aromatic N) is 2. The molecule has 1 saturated carbocycles. The first kappa shape index (κ1) is 16.3. The van der Waals surface area contributed by atoms with E-state index in [0.29, 0.717) is 30.6 Å². The molecule has 1 aliphatic carbocycles. The molecule has 0 radical (unpaired) electrons. The normalized spacial score (nSPS) is 25.3. The quantitative estimate of drug-likeness (QED) is 0.909. The van der Waals surface area contributed by atoms with Gasteiger partial charge in [0.25, 0.3) is 0 Å². The number of hydrogen-bond donors (Lipinski definition) is 1. The number of carbonyl (C=O) groups is 1. The summed E-state index contributed by atoms with van der Waals surface area (Å²) in [4.78, 5) is 18.8. The second kappa shape index (κ2) is 7.00. The van der Waals surface area contributed by atoms with Gasteiger partial charge in [0.1, 0.15) is 0 Å². The Bertz CT molecular complexity index is 728. The summed E-state index contributed by atoms with van der Waals surface area (Å²) in [5.74, 6) is 2.87. The largest absolute Gasteiger partial charge is 0.441 e. The molecular weight excluding hydrogens is 314 g/mol. The SMILES string of the molecule is NC1CCC2CN(C(=O)CCCc3ncc(-c4ccccc4)o3)CC12. The molecule has 0 spiro atoms. The van der Waals surface area contributed by atoms with Gasteiger partial charge < -0.3 is 15.1 Å². The molecule has 3 unspecified atom stereocenters. The van der Waals surface area contributed by atoms with E-state index in [1.54, 1.807) is 6.20 Å². The molecule has 1 aromatic carbocycles. The van der Waals surface area contributed by atoms with E-state index in [1.165, 1.54) is 6.42 Å². The Kier molecular flexibility index (Phi) is 4.57. The number of oxazole rings is 1. The molecule has 1 aromatic heterocycles. The Labute approximate surface area is 148 Å². The highest BCUT2D eigenvalue weighted by Gasteiger charge is 2.42. The number of fused-ring (bicyclic) bond motifs is 1. The molecule has 1 aliphatic heterocycles. The van der Waals surface area contributed by atoms with E-state index in [4.69, 9.17) is 10.2 Å². The third kappa shape index (κ3) is 3.47. The predicted molar refractivity (Wildman–Crippen MR) is 95.6 cm³/mol. The molecule has 5 nitrogen and oxygen atoms in total. The van der Waals surface area contributed by atoms with Gasteiger partial charge in [-0.2, -0.15) is 0 Å². The highest BCUT2D eigenvalue weighted by molar-refractivity contribution is 5.76. The fourth-order valence-corrected chi connectivity index (χ4v) is 4.22. The van der Waals surface area contributed by atoms with Crippen molar-refractivity contribution in [2.75, 3.05) is 13.1 Å². The van der Waals surface area contributed by atoms with Crippen LogP contribution in [0, 0.1) is 11.8 Å². The summed E-state index contributed by atoms with van der Waals surface area (Å²) in [5.41, 5.74) is 7.18. The third-order valence-electron chi connectivity index (χ3n) is 5.66. The molecule has 1 amide bonds. The van der Waals surface area contributed by atoms with E-state index >= 15 is 0 Å². The zero-order chi connectivity index (χ0) is 17.2. The lowest BCUT2D eigenvalue weighted by Gasteiger charge is -2.18. The maximum absolute atomic E-state index is 12.4. The summed E-state index contributed by atoms with van der Waals surface area (Å²) in [5, 5.41) is 0. The zero-order valence-corrected chi connectivity index (χ0v) is 14.4. The van der Waals surface area contributed by atoms with Crippen LogP contribution in [-0.2, 0) is 11.2 Å². The fraction of sp³-hybridized carbons (Fsp3) is 0.500. The minimum atomic E-state index is 0.247. The average Bonchev–Trinajstić information content (AvgIpc) is 3.34. The van der Waals surface area contributed by atoms with E-state index in [-0.39, 0.29) is 11.9 Å². The number of hydrogen-bond acceptors (Lipinski definition) is 4. The highest BCUT2D eigenvalue weighted by atomic mass is 16.4. The first-order valence-corrected chi connectivity index (χ1v) is 9.24. The van der Waals surface area contributed by atoms with Crippen LogP contribution in [0.15, 0.2) is 40.9 Å². The maximum Gasteiger partial charge on any atom is 0.222 e. The molecule has 4 rings (SSSR count). The van der Waals surface area contributed by atoms with Crippen LogP contribution in [0.4, 0.5) is 0 Å². The number of benzene rings is 1. The number of amides is 1. The number of likely N-dealkylation sites (tertiary alicyclic amines) is 1. The second-order valence-corrected chi connectivity index (χ2v) is 7.30. The lowest BCUT2D eigenvalue weighted by atomic mass is 9.98. The van der Waals surface area contributed by atoms with Crippen LogP contribution in [0.5, 0.6) is 0 Å². The summed E-state index contributed by atoms with van der Waals surface area (Å²) < 4.78 is 5.80. The van der Waals surface area contributed by atoms with Crippen molar-refractivity contribution in [3.05, 3.63) is 42.4 Å². The fourth-order valence-electron chi connectivity index (χ4n) is 4.22. The van der Waals surface area contributed by atoms with Gasteiger partial charge in [-0.15, -0.1) is 0 Å². The lowest BCUT2D eigenvalue weighted by molar-refractivity contribution is -0.130. The molecule has 1 saturated heterocycles. The summed E-state index contributed by atoms with van der Waals surface area (Å²) in [6, 6.07) is 10.2. The number of rotatable bonds is 5. The van der Waals surface area contributed by atoms with Crippen molar-refractivity contribution in [3.8, 4) is 11.3 Å². The van der Waals surface area contributed by atoms with Gasteiger partial charge >= 0.3 is 0 Å². The van der Waals surface area contributed by atoms with Gasteiger partial charge in [0, 0.05) is 37.5 Å². The number of nitrogens with two attached hydrogens (primary N) is 1. The molecule has 2 N–H and O–H groups in total. The van der Waals surface area contributed by atoms with Gasteiger partial charge in [0.15, 0.2) is 11.7 Å². The predicted octanol–water partition coefficient (Wildman–Crippen LogP) is 2.86. The first-order chi connectivity index (χ1) is 12.2. The second-order valence-electron chi connectivity index (χ2n) is 7.30.